The summed E-state index contributed by atoms with van der Waals surface area (Å²) < 4.78 is 13.6. The highest BCUT2D eigenvalue weighted by molar-refractivity contribution is 14.1. The zero-order valence-electron chi connectivity index (χ0n) is 9.99. The Morgan fingerprint density at radius 3 is 2.59 bits per heavy atom. The fourth-order valence-electron chi connectivity index (χ4n) is 2.93. The van der Waals surface area contributed by atoms with Crippen LogP contribution in [0.25, 0.3) is 0 Å². The highest BCUT2D eigenvalue weighted by Gasteiger charge is 2.48. The van der Waals surface area contributed by atoms with Gasteiger partial charge in [0.2, 0.25) is 0 Å². The molecule has 1 aliphatic carbocycles. The van der Waals surface area contributed by atoms with E-state index in [1.165, 1.54) is 22.0 Å². The summed E-state index contributed by atoms with van der Waals surface area (Å²) in [7, 11) is 0. The Kier molecular flexibility index (Phi) is 3.17. The smallest absolute Gasteiger partial charge is 0.169 e. The predicted octanol–water partition coefficient (Wildman–Crippen LogP) is 4.04. The largest absolute Gasteiger partial charge is 0.344 e. The molecule has 1 heterocycles. The Morgan fingerprint density at radius 2 is 1.88 bits per heavy atom. The monoisotopic (exact) mass is 344 g/mol. The van der Waals surface area contributed by atoms with E-state index in [1.807, 2.05) is 0 Å². The molecule has 92 valence electrons. The molecule has 3 rings (SSSR count). The Labute approximate surface area is 116 Å². The van der Waals surface area contributed by atoms with E-state index in [4.69, 9.17) is 9.47 Å². The van der Waals surface area contributed by atoms with E-state index in [9.17, 15) is 0 Å². The normalized spacial score (nSPS) is 31.2. The molecule has 0 bridgehead atoms. The lowest BCUT2D eigenvalue weighted by Gasteiger charge is -2.22. The van der Waals surface area contributed by atoms with E-state index < -0.39 is 0 Å². The number of hydrogen-bond donors (Lipinski definition) is 0. The summed E-state index contributed by atoms with van der Waals surface area (Å²) in [5, 5.41) is 0. The van der Waals surface area contributed by atoms with Crippen molar-refractivity contribution in [2.45, 2.75) is 50.6 Å². The first-order valence-corrected chi connectivity index (χ1v) is 7.38. The molecular weight excluding hydrogens is 327 g/mol. The van der Waals surface area contributed by atoms with E-state index in [1.54, 1.807) is 0 Å². The van der Waals surface area contributed by atoms with Crippen molar-refractivity contribution in [1.82, 2.24) is 0 Å². The van der Waals surface area contributed by atoms with Gasteiger partial charge < -0.3 is 9.47 Å². The standard InChI is InChI=1S/C14H17IO2/c1-10-13(11-6-2-3-7-12(11)15)17-14(16-10)8-4-5-9-14/h2-3,6-7,10,13H,4-5,8-9H2,1H3/t10-,13+/m0/s1. The Morgan fingerprint density at radius 1 is 1.18 bits per heavy atom. The molecule has 2 aliphatic rings. The van der Waals surface area contributed by atoms with Crippen LogP contribution in [-0.2, 0) is 9.47 Å². The van der Waals surface area contributed by atoms with Crippen molar-refractivity contribution in [2.24, 2.45) is 0 Å². The van der Waals surface area contributed by atoms with Gasteiger partial charge in [0.05, 0.1) is 6.10 Å². The van der Waals surface area contributed by atoms with Gasteiger partial charge in [-0.3, -0.25) is 0 Å². The van der Waals surface area contributed by atoms with Gasteiger partial charge >= 0.3 is 0 Å². The van der Waals surface area contributed by atoms with E-state index >= 15 is 0 Å². The third kappa shape index (κ3) is 2.13. The van der Waals surface area contributed by atoms with Crippen LogP contribution in [0.15, 0.2) is 24.3 Å². The minimum absolute atomic E-state index is 0.0983. The van der Waals surface area contributed by atoms with Crippen molar-refractivity contribution in [2.75, 3.05) is 0 Å². The maximum Gasteiger partial charge on any atom is 0.169 e. The third-order valence-electron chi connectivity index (χ3n) is 3.75. The van der Waals surface area contributed by atoms with E-state index in [2.05, 4.69) is 53.8 Å². The summed E-state index contributed by atoms with van der Waals surface area (Å²) in [6, 6.07) is 8.43. The van der Waals surface area contributed by atoms with Crippen LogP contribution in [0, 0.1) is 3.57 Å². The summed E-state index contributed by atoms with van der Waals surface area (Å²) >= 11 is 2.38. The average molecular weight is 344 g/mol. The first-order chi connectivity index (χ1) is 8.20. The van der Waals surface area contributed by atoms with Crippen LogP contribution in [0.4, 0.5) is 0 Å². The summed E-state index contributed by atoms with van der Waals surface area (Å²) in [6.45, 7) is 2.13. The zero-order chi connectivity index (χ0) is 11.9. The summed E-state index contributed by atoms with van der Waals surface area (Å²) in [4.78, 5) is 0. The van der Waals surface area contributed by atoms with Crippen molar-refractivity contribution in [3.63, 3.8) is 0 Å². The van der Waals surface area contributed by atoms with Gasteiger partial charge in [0.25, 0.3) is 0 Å². The Hall–Kier alpha value is -0.130. The summed E-state index contributed by atoms with van der Waals surface area (Å²) in [5.74, 6) is -0.275. The second-order valence-corrected chi connectivity index (χ2v) is 6.16. The van der Waals surface area contributed by atoms with Crippen molar-refractivity contribution in [3.05, 3.63) is 33.4 Å². The molecule has 1 aromatic carbocycles. The van der Waals surface area contributed by atoms with Crippen LogP contribution in [0.5, 0.6) is 0 Å². The van der Waals surface area contributed by atoms with Crippen LogP contribution in [0.1, 0.15) is 44.3 Å². The molecule has 1 spiro atoms. The molecule has 2 atom stereocenters. The van der Waals surface area contributed by atoms with Crippen LogP contribution in [-0.4, -0.2) is 11.9 Å². The summed E-state index contributed by atoms with van der Waals surface area (Å²) in [5.41, 5.74) is 1.27. The molecule has 0 amide bonds. The SMILES string of the molecule is C[C@@H]1OC2(CCCC2)O[C@H]1c1ccccc1I. The topological polar surface area (TPSA) is 18.5 Å². The fourth-order valence-corrected chi connectivity index (χ4v) is 3.62. The molecule has 0 unspecified atom stereocenters. The second kappa shape index (κ2) is 4.52. The van der Waals surface area contributed by atoms with Gasteiger partial charge in [-0.25, -0.2) is 0 Å². The average Bonchev–Trinajstić information content (AvgIpc) is 2.88. The highest BCUT2D eigenvalue weighted by atomic mass is 127. The van der Waals surface area contributed by atoms with Crippen LogP contribution >= 0.6 is 22.6 Å². The van der Waals surface area contributed by atoms with E-state index in [0.29, 0.717) is 0 Å². The van der Waals surface area contributed by atoms with Crippen LogP contribution in [0.2, 0.25) is 0 Å². The van der Waals surface area contributed by atoms with Crippen molar-refractivity contribution >= 4 is 22.6 Å². The number of hydrogen-bond acceptors (Lipinski definition) is 2. The first kappa shape index (κ1) is 11.9. The maximum atomic E-state index is 6.26. The molecule has 1 saturated heterocycles. The van der Waals surface area contributed by atoms with Gasteiger partial charge in [-0.15, -0.1) is 0 Å². The number of rotatable bonds is 1. The maximum absolute atomic E-state index is 6.26. The van der Waals surface area contributed by atoms with Crippen molar-refractivity contribution in [3.8, 4) is 0 Å². The van der Waals surface area contributed by atoms with Crippen LogP contribution in [0.3, 0.4) is 0 Å². The minimum Gasteiger partial charge on any atom is -0.344 e. The van der Waals surface area contributed by atoms with Gasteiger partial charge in [0, 0.05) is 16.4 Å². The molecule has 1 aliphatic heterocycles. The number of benzene rings is 1. The molecule has 2 fully saturated rings. The second-order valence-electron chi connectivity index (χ2n) is 5.00. The van der Waals surface area contributed by atoms with Crippen molar-refractivity contribution < 1.29 is 9.47 Å². The third-order valence-corrected chi connectivity index (χ3v) is 4.73. The Balaban J connectivity index is 1.87. The molecule has 3 heteroatoms. The molecule has 1 saturated carbocycles. The van der Waals surface area contributed by atoms with Gasteiger partial charge in [0.15, 0.2) is 5.79 Å². The molecule has 2 nitrogen and oxygen atoms in total. The van der Waals surface area contributed by atoms with Crippen LogP contribution < -0.4 is 0 Å². The molecule has 1 aromatic rings. The fraction of sp³-hybridized carbons (Fsp3) is 0.571. The lowest BCUT2D eigenvalue weighted by molar-refractivity contribution is -0.168. The molecule has 0 aromatic heterocycles. The zero-order valence-corrected chi connectivity index (χ0v) is 12.1. The van der Waals surface area contributed by atoms with E-state index in [-0.39, 0.29) is 18.0 Å². The number of halogens is 1. The Bertz CT molecular complexity index is 412. The summed E-state index contributed by atoms with van der Waals surface area (Å²) in [6.07, 6.45) is 4.82. The first-order valence-electron chi connectivity index (χ1n) is 6.30. The van der Waals surface area contributed by atoms with E-state index in [0.717, 1.165) is 12.8 Å². The van der Waals surface area contributed by atoms with Crippen molar-refractivity contribution in [1.29, 1.82) is 0 Å². The quantitative estimate of drug-likeness (QED) is 0.716. The lowest BCUT2D eigenvalue weighted by atomic mass is 10.1. The van der Waals surface area contributed by atoms with Gasteiger partial charge in [-0.05, 0) is 54.0 Å². The lowest BCUT2D eigenvalue weighted by Crippen LogP contribution is -2.26. The van der Waals surface area contributed by atoms with Gasteiger partial charge in [-0.1, -0.05) is 18.2 Å². The highest BCUT2D eigenvalue weighted by Crippen LogP contribution is 2.47. The minimum atomic E-state index is -0.275. The molecule has 0 radical (unpaired) electrons. The van der Waals surface area contributed by atoms with Gasteiger partial charge in [-0.2, -0.15) is 0 Å². The predicted molar refractivity (Wildman–Crippen MR) is 74.7 cm³/mol. The number of ether oxygens (including phenoxy) is 2. The van der Waals surface area contributed by atoms with Gasteiger partial charge in [0.1, 0.15) is 6.10 Å². The molecular formula is C14H17IO2. The molecule has 0 N–H and O–H groups in total. The molecule has 17 heavy (non-hydrogen) atoms.